The van der Waals surface area contributed by atoms with Gasteiger partial charge in [0.15, 0.2) is 0 Å². The molecule has 1 aliphatic heterocycles. The molecule has 0 bridgehead atoms. The Morgan fingerprint density at radius 2 is 2.35 bits per heavy atom. The molecule has 1 aromatic carbocycles. The lowest BCUT2D eigenvalue weighted by Gasteiger charge is -2.15. The summed E-state index contributed by atoms with van der Waals surface area (Å²) in [5.74, 6) is 1.27. The molecule has 2 rings (SSSR count). The van der Waals surface area contributed by atoms with E-state index in [-0.39, 0.29) is 5.91 Å². The highest BCUT2D eigenvalue weighted by Gasteiger charge is 2.12. The second-order valence-corrected chi connectivity index (χ2v) is 5.52. The predicted octanol–water partition coefficient (Wildman–Crippen LogP) is 3.25. The zero-order chi connectivity index (χ0) is 12.1. The monoisotopic (exact) mass is 249 g/mol. The summed E-state index contributed by atoms with van der Waals surface area (Å²) in [6.07, 6.45) is 4.49. The van der Waals surface area contributed by atoms with E-state index < -0.39 is 0 Å². The smallest absolute Gasteiger partial charge is 0.251 e. The molecule has 17 heavy (non-hydrogen) atoms. The molecule has 2 nitrogen and oxygen atoms in total. The van der Waals surface area contributed by atoms with E-state index in [0.29, 0.717) is 0 Å². The van der Waals surface area contributed by atoms with Crippen LogP contribution in [0.25, 0.3) is 0 Å². The number of carbonyl (C=O) groups excluding carboxylic acids is 1. The number of aryl methyl sites for hydroxylation is 1. The van der Waals surface area contributed by atoms with Crippen molar-refractivity contribution in [2.45, 2.75) is 37.5 Å². The zero-order valence-corrected chi connectivity index (χ0v) is 11.1. The summed E-state index contributed by atoms with van der Waals surface area (Å²) in [4.78, 5) is 13.2. The highest BCUT2D eigenvalue weighted by atomic mass is 32.2. The molecule has 0 saturated heterocycles. The number of amides is 1. The Kier molecular flexibility index (Phi) is 4.49. The topological polar surface area (TPSA) is 29.1 Å². The predicted molar refractivity (Wildman–Crippen MR) is 72.7 cm³/mol. The van der Waals surface area contributed by atoms with Gasteiger partial charge < -0.3 is 5.32 Å². The molecule has 0 atom stereocenters. The normalized spacial score (nSPS) is 14.2. The van der Waals surface area contributed by atoms with Crippen molar-refractivity contribution in [3.05, 3.63) is 29.3 Å². The van der Waals surface area contributed by atoms with Crippen molar-refractivity contribution in [3.8, 4) is 0 Å². The lowest BCUT2D eigenvalue weighted by atomic mass is 10.1. The van der Waals surface area contributed by atoms with Crippen LogP contribution in [0, 0.1) is 0 Å². The first-order valence-corrected chi connectivity index (χ1v) is 7.33. The third-order valence-corrected chi connectivity index (χ3v) is 4.19. The minimum absolute atomic E-state index is 0.0665. The molecule has 0 aromatic heterocycles. The fourth-order valence-corrected chi connectivity index (χ4v) is 3.00. The minimum atomic E-state index is 0.0665. The van der Waals surface area contributed by atoms with Gasteiger partial charge in [-0.2, -0.15) is 0 Å². The van der Waals surface area contributed by atoms with Gasteiger partial charge >= 0.3 is 0 Å². The van der Waals surface area contributed by atoms with Crippen LogP contribution < -0.4 is 5.32 Å². The molecular formula is C14H19NOS. The van der Waals surface area contributed by atoms with Crippen LogP contribution in [0.5, 0.6) is 0 Å². The first kappa shape index (κ1) is 12.5. The Labute approximate surface area is 107 Å². The number of benzene rings is 1. The average Bonchev–Trinajstić information content (AvgIpc) is 2.38. The van der Waals surface area contributed by atoms with Crippen molar-refractivity contribution < 1.29 is 4.79 Å². The van der Waals surface area contributed by atoms with Crippen molar-refractivity contribution in [3.63, 3.8) is 0 Å². The van der Waals surface area contributed by atoms with E-state index in [1.165, 1.54) is 22.6 Å². The molecule has 1 aromatic rings. The maximum absolute atomic E-state index is 11.9. The van der Waals surface area contributed by atoms with Crippen molar-refractivity contribution in [2.75, 3.05) is 12.3 Å². The second-order valence-electron chi connectivity index (χ2n) is 4.38. The second kappa shape index (κ2) is 6.10. The number of nitrogens with one attached hydrogen (secondary N) is 1. The number of thioether (sulfide) groups is 1. The summed E-state index contributed by atoms with van der Waals surface area (Å²) in [7, 11) is 0. The number of unbranched alkanes of at least 4 members (excludes halogenated alkanes) is 1. The van der Waals surface area contributed by atoms with Crippen LogP contribution in [0.2, 0.25) is 0 Å². The summed E-state index contributed by atoms with van der Waals surface area (Å²) in [6, 6.07) is 6.09. The molecule has 3 heteroatoms. The van der Waals surface area contributed by atoms with Crippen LogP contribution in [0.15, 0.2) is 23.1 Å². The van der Waals surface area contributed by atoms with Crippen molar-refractivity contribution in [1.29, 1.82) is 0 Å². The van der Waals surface area contributed by atoms with Gasteiger partial charge in [0, 0.05) is 17.0 Å². The molecular weight excluding hydrogens is 230 g/mol. The molecule has 92 valence electrons. The molecule has 0 unspecified atom stereocenters. The van der Waals surface area contributed by atoms with Crippen molar-refractivity contribution in [2.24, 2.45) is 0 Å². The van der Waals surface area contributed by atoms with Crippen LogP contribution >= 0.6 is 11.8 Å². The molecule has 0 radical (unpaired) electrons. The molecule has 0 aliphatic carbocycles. The summed E-state index contributed by atoms with van der Waals surface area (Å²) in [6.45, 7) is 2.91. The van der Waals surface area contributed by atoms with E-state index in [9.17, 15) is 4.79 Å². The highest BCUT2D eigenvalue weighted by Crippen LogP contribution is 2.30. The fraction of sp³-hybridized carbons (Fsp3) is 0.500. The lowest BCUT2D eigenvalue weighted by Crippen LogP contribution is -2.24. The number of fused-ring (bicyclic) bond motifs is 1. The summed E-state index contributed by atoms with van der Waals surface area (Å²) < 4.78 is 0. The van der Waals surface area contributed by atoms with Crippen LogP contribution in [-0.4, -0.2) is 18.2 Å². The maximum atomic E-state index is 11.9. The third kappa shape index (κ3) is 3.25. The first-order valence-electron chi connectivity index (χ1n) is 6.35. The molecule has 1 amide bonds. The number of rotatable bonds is 4. The van der Waals surface area contributed by atoms with E-state index in [2.05, 4.69) is 24.4 Å². The standard InChI is InChI=1S/C14H19NOS/c1-2-3-8-15-14(16)12-6-7-13-11(10-12)5-4-9-17-13/h6-7,10H,2-5,8-9H2,1H3,(H,15,16). The van der Waals surface area contributed by atoms with Crippen molar-refractivity contribution >= 4 is 17.7 Å². The summed E-state index contributed by atoms with van der Waals surface area (Å²) in [5, 5.41) is 2.96. The van der Waals surface area contributed by atoms with Crippen LogP contribution in [-0.2, 0) is 6.42 Å². The summed E-state index contributed by atoms with van der Waals surface area (Å²) >= 11 is 1.90. The number of hydrogen-bond donors (Lipinski definition) is 1. The van der Waals surface area contributed by atoms with E-state index in [0.717, 1.165) is 31.4 Å². The molecule has 0 saturated carbocycles. The quantitative estimate of drug-likeness (QED) is 0.830. The SMILES string of the molecule is CCCCNC(=O)c1ccc2c(c1)CCCS2. The maximum Gasteiger partial charge on any atom is 0.251 e. The number of carbonyl (C=O) groups is 1. The molecule has 0 fully saturated rings. The van der Waals surface area contributed by atoms with Crippen LogP contribution in [0.4, 0.5) is 0 Å². The Hall–Kier alpha value is -0.960. The van der Waals surface area contributed by atoms with E-state index in [1.807, 2.05) is 17.8 Å². The van der Waals surface area contributed by atoms with Gasteiger partial charge in [-0.1, -0.05) is 13.3 Å². The van der Waals surface area contributed by atoms with E-state index >= 15 is 0 Å². The van der Waals surface area contributed by atoms with Crippen LogP contribution in [0.1, 0.15) is 42.1 Å². The fourth-order valence-electron chi connectivity index (χ4n) is 1.98. The molecule has 1 aliphatic rings. The summed E-state index contributed by atoms with van der Waals surface area (Å²) in [5.41, 5.74) is 2.15. The first-order chi connectivity index (χ1) is 8.31. The average molecular weight is 249 g/mol. The Balaban J connectivity index is 2.03. The van der Waals surface area contributed by atoms with Crippen LogP contribution in [0.3, 0.4) is 0 Å². The molecule has 1 N–H and O–H groups in total. The third-order valence-electron chi connectivity index (χ3n) is 2.99. The Morgan fingerprint density at radius 3 is 3.18 bits per heavy atom. The zero-order valence-electron chi connectivity index (χ0n) is 10.3. The van der Waals surface area contributed by atoms with Gasteiger partial charge in [0.2, 0.25) is 0 Å². The van der Waals surface area contributed by atoms with Gasteiger partial charge in [0.25, 0.3) is 5.91 Å². The van der Waals surface area contributed by atoms with Gasteiger partial charge in [-0.05, 0) is 48.8 Å². The van der Waals surface area contributed by atoms with Gasteiger partial charge in [-0.15, -0.1) is 11.8 Å². The number of hydrogen-bond acceptors (Lipinski definition) is 2. The van der Waals surface area contributed by atoms with E-state index in [1.54, 1.807) is 0 Å². The minimum Gasteiger partial charge on any atom is -0.352 e. The van der Waals surface area contributed by atoms with Gasteiger partial charge in [0.1, 0.15) is 0 Å². The highest BCUT2D eigenvalue weighted by molar-refractivity contribution is 7.99. The van der Waals surface area contributed by atoms with E-state index in [4.69, 9.17) is 0 Å². The van der Waals surface area contributed by atoms with Gasteiger partial charge in [-0.25, -0.2) is 0 Å². The molecule has 0 spiro atoms. The van der Waals surface area contributed by atoms with Gasteiger partial charge in [0.05, 0.1) is 0 Å². The molecule has 1 heterocycles. The Bertz CT molecular complexity index is 403. The largest absolute Gasteiger partial charge is 0.352 e. The van der Waals surface area contributed by atoms with Crippen molar-refractivity contribution in [1.82, 2.24) is 5.32 Å². The lowest BCUT2D eigenvalue weighted by molar-refractivity contribution is 0.0953. The van der Waals surface area contributed by atoms with Gasteiger partial charge in [-0.3, -0.25) is 4.79 Å². The Morgan fingerprint density at radius 1 is 1.47 bits per heavy atom.